The zero-order valence-electron chi connectivity index (χ0n) is 13.3. The molecule has 0 radical (unpaired) electrons. The Kier molecular flexibility index (Phi) is 4.14. The molecule has 0 fully saturated rings. The number of esters is 1. The van der Waals surface area contributed by atoms with Crippen molar-refractivity contribution in [2.75, 3.05) is 29.5 Å². The third-order valence-electron chi connectivity index (χ3n) is 3.48. The Morgan fingerprint density at radius 1 is 1.27 bits per heavy atom. The number of alkyl halides is 3. The number of carbonyl (C=O) groups is 2. The van der Waals surface area contributed by atoms with Crippen molar-refractivity contribution in [1.82, 2.24) is 9.97 Å². The molecule has 3 N–H and O–H groups in total. The topological polar surface area (TPSA) is 110 Å². The average molecular weight is 367 g/mol. The summed E-state index contributed by atoms with van der Waals surface area (Å²) < 4.78 is 41.6. The number of rotatable bonds is 2. The van der Waals surface area contributed by atoms with E-state index in [1.807, 2.05) is 0 Å². The summed E-state index contributed by atoms with van der Waals surface area (Å²) in [7, 11) is 1.60. The molecule has 8 nitrogen and oxygen atoms in total. The third-order valence-corrected chi connectivity index (χ3v) is 3.48. The zero-order valence-corrected chi connectivity index (χ0v) is 13.3. The first-order chi connectivity index (χ1) is 12.1. The van der Waals surface area contributed by atoms with Crippen LogP contribution in [0, 0.1) is 0 Å². The number of fused-ring (bicyclic) bond motifs is 1. The van der Waals surface area contributed by atoms with Gasteiger partial charge in [-0.25, -0.2) is 4.79 Å². The van der Waals surface area contributed by atoms with Crippen molar-refractivity contribution >= 4 is 29.1 Å². The number of nitrogens with zero attached hydrogens (tertiary/aromatic N) is 3. The molecule has 2 heterocycles. The molecule has 2 aromatic rings. The number of nitrogen functional groups attached to an aromatic ring is 1. The molecule has 1 amide bonds. The van der Waals surface area contributed by atoms with Crippen molar-refractivity contribution in [3.05, 3.63) is 24.3 Å². The van der Waals surface area contributed by atoms with Gasteiger partial charge in [0.25, 0.3) is 0 Å². The minimum atomic E-state index is -5.21. The van der Waals surface area contributed by atoms with Crippen LogP contribution in [0.2, 0.25) is 0 Å². The van der Waals surface area contributed by atoms with Crippen molar-refractivity contribution in [3.8, 4) is 17.3 Å². The summed E-state index contributed by atoms with van der Waals surface area (Å²) in [4.78, 5) is 32.0. The second-order valence-electron chi connectivity index (χ2n) is 5.47. The summed E-state index contributed by atoms with van der Waals surface area (Å²) in [5.74, 6) is -2.94. The van der Waals surface area contributed by atoms with Crippen LogP contribution >= 0.6 is 0 Å². The Bertz CT molecular complexity index is 883. The minimum Gasteiger partial charge on any atom is -0.399 e. The highest BCUT2D eigenvalue weighted by Crippen LogP contribution is 2.38. The van der Waals surface area contributed by atoms with Gasteiger partial charge < -0.3 is 20.7 Å². The van der Waals surface area contributed by atoms with Crippen molar-refractivity contribution in [2.45, 2.75) is 6.18 Å². The van der Waals surface area contributed by atoms with Crippen LogP contribution in [-0.2, 0) is 9.59 Å². The average Bonchev–Trinajstić information content (AvgIpc) is 2.53. The number of likely N-dealkylation sites (N-methyl/N-ethyl adjacent to an activating group) is 1. The summed E-state index contributed by atoms with van der Waals surface area (Å²) in [5, 5.41) is 2.44. The SMILES string of the molecule is CN1CC(=O)Nc2nc(OC(=O)C(F)(F)F)nc(-c3ccc(N)cc3)c21. The van der Waals surface area contributed by atoms with Crippen LogP contribution in [0.1, 0.15) is 0 Å². The second-order valence-corrected chi connectivity index (χ2v) is 5.47. The summed E-state index contributed by atoms with van der Waals surface area (Å²) in [6.07, 6.45) is -5.21. The van der Waals surface area contributed by atoms with Gasteiger partial charge in [-0.1, -0.05) is 12.1 Å². The number of hydrogen-bond acceptors (Lipinski definition) is 7. The molecule has 0 saturated carbocycles. The Hall–Kier alpha value is -3.37. The van der Waals surface area contributed by atoms with Gasteiger partial charge in [-0.15, -0.1) is 0 Å². The van der Waals surface area contributed by atoms with Crippen LogP contribution in [0.25, 0.3) is 11.3 Å². The highest BCUT2D eigenvalue weighted by atomic mass is 19.4. The van der Waals surface area contributed by atoms with E-state index in [4.69, 9.17) is 5.73 Å². The van der Waals surface area contributed by atoms with Crippen molar-refractivity contribution < 1.29 is 27.5 Å². The van der Waals surface area contributed by atoms with E-state index in [1.54, 1.807) is 31.3 Å². The maximum atomic E-state index is 12.4. The van der Waals surface area contributed by atoms with E-state index in [-0.39, 0.29) is 18.1 Å². The van der Waals surface area contributed by atoms with Crippen LogP contribution in [0.4, 0.5) is 30.4 Å². The van der Waals surface area contributed by atoms with Crippen LogP contribution in [0.5, 0.6) is 6.01 Å². The van der Waals surface area contributed by atoms with Gasteiger partial charge in [0.05, 0.1) is 6.54 Å². The van der Waals surface area contributed by atoms with Crippen molar-refractivity contribution in [1.29, 1.82) is 0 Å². The molecular weight excluding hydrogens is 355 g/mol. The van der Waals surface area contributed by atoms with E-state index >= 15 is 0 Å². The molecule has 1 aliphatic rings. The smallest absolute Gasteiger partial charge is 0.399 e. The highest BCUT2D eigenvalue weighted by Gasteiger charge is 2.42. The minimum absolute atomic E-state index is 0.0000178. The van der Waals surface area contributed by atoms with Crippen LogP contribution < -0.4 is 20.7 Å². The number of carbonyl (C=O) groups excluding carboxylic acids is 2. The molecule has 0 unspecified atom stereocenters. The quantitative estimate of drug-likeness (QED) is 0.612. The molecule has 1 aromatic heterocycles. The Morgan fingerprint density at radius 3 is 2.54 bits per heavy atom. The molecule has 0 saturated heterocycles. The molecule has 0 atom stereocenters. The van der Waals surface area contributed by atoms with Gasteiger partial charge in [0.15, 0.2) is 5.82 Å². The van der Waals surface area contributed by atoms with Gasteiger partial charge in [0.1, 0.15) is 11.4 Å². The zero-order chi connectivity index (χ0) is 19.1. The van der Waals surface area contributed by atoms with Gasteiger partial charge in [-0.05, 0) is 12.1 Å². The fraction of sp³-hybridized carbons (Fsp3) is 0.200. The van der Waals surface area contributed by atoms with Crippen LogP contribution in [0.15, 0.2) is 24.3 Å². The van der Waals surface area contributed by atoms with E-state index in [0.29, 0.717) is 16.9 Å². The number of anilines is 3. The van der Waals surface area contributed by atoms with E-state index in [1.165, 1.54) is 4.90 Å². The number of hydrogen-bond donors (Lipinski definition) is 2. The predicted octanol–water partition coefficient (Wildman–Crippen LogP) is 1.58. The van der Waals surface area contributed by atoms with E-state index in [0.717, 1.165) is 0 Å². The summed E-state index contributed by atoms with van der Waals surface area (Å²) in [6.45, 7) is 0.0000178. The molecular formula is C15H12F3N5O3. The molecule has 1 aromatic carbocycles. The lowest BCUT2D eigenvalue weighted by Crippen LogP contribution is -2.37. The predicted molar refractivity (Wildman–Crippen MR) is 85.5 cm³/mol. The lowest BCUT2D eigenvalue weighted by Gasteiger charge is -2.28. The van der Waals surface area contributed by atoms with E-state index in [9.17, 15) is 22.8 Å². The standard InChI is InChI=1S/C15H12F3N5O3/c1-23-6-9(24)20-12-11(23)10(7-2-4-8(19)5-3-7)21-14(22-12)26-13(25)15(16,17)18/h2-5H,6,19H2,1H3,(H,20,21,22,24). The molecule has 26 heavy (non-hydrogen) atoms. The largest absolute Gasteiger partial charge is 0.491 e. The molecule has 0 bridgehead atoms. The summed E-state index contributed by atoms with van der Waals surface area (Å²) in [5.41, 5.74) is 7.16. The molecule has 1 aliphatic heterocycles. The number of benzene rings is 1. The van der Waals surface area contributed by atoms with Gasteiger partial charge in [-0.3, -0.25) is 4.79 Å². The normalized spacial score (nSPS) is 13.8. The number of ether oxygens (including phenoxy) is 1. The fourth-order valence-corrected chi connectivity index (χ4v) is 2.38. The monoisotopic (exact) mass is 367 g/mol. The first kappa shape index (κ1) is 17.5. The molecule has 3 rings (SSSR count). The number of nitrogens with two attached hydrogens (primary N) is 1. The van der Waals surface area contributed by atoms with Crippen molar-refractivity contribution in [3.63, 3.8) is 0 Å². The highest BCUT2D eigenvalue weighted by molar-refractivity contribution is 6.02. The fourth-order valence-electron chi connectivity index (χ4n) is 2.38. The molecule has 11 heteroatoms. The summed E-state index contributed by atoms with van der Waals surface area (Å²) in [6, 6.07) is 5.52. The van der Waals surface area contributed by atoms with Gasteiger partial charge in [-0.2, -0.15) is 23.1 Å². The third kappa shape index (κ3) is 3.36. The molecule has 136 valence electrons. The van der Waals surface area contributed by atoms with Crippen LogP contribution in [0.3, 0.4) is 0 Å². The number of aromatic nitrogens is 2. The maximum Gasteiger partial charge on any atom is 0.491 e. The van der Waals surface area contributed by atoms with Crippen LogP contribution in [-0.4, -0.2) is 41.6 Å². The van der Waals surface area contributed by atoms with Crippen molar-refractivity contribution in [2.24, 2.45) is 0 Å². The van der Waals surface area contributed by atoms with E-state index in [2.05, 4.69) is 20.0 Å². The lowest BCUT2D eigenvalue weighted by molar-refractivity contribution is -0.190. The molecule has 0 aliphatic carbocycles. The van der Waals surface area contributed by atoms with Gasteiger partial charge >= 0.3 is 18.2 Å². The maximum absolute atomic E-state index is 12.4. The number of halogens is 3. The Balaban J connectivity index is 2.13. The first-order valence-electron chi connectivity index (χ1n) is 7.23. The summed E-state index contributed by atoms with van der Waals surface area (Å²) >= 11 is 0. The number of nitrogens with one attached hydrogen (secondary N) is 1. The lowest BCUT2D eigenvalue weighted by atomic mass is 10.1. The number of amides is 1. The Morgan fingerprint density at radius 2 is 1.92 bits per heavy atom. The molecule has 0 spiro atoms. The van der Waals surface area contributed by atoms with E-state index < -0.39 is 24.1 Å². The van der Waals surface area contributed by atoms with Gasteiger partial charge in [0.2, 0.25) is 5.91 Å². The second kappa shape index (κ2) is 6.17. The first-order valence-corrected chi connectivity index (χ1v) is 7.23. The van der Waals surface area contributed by atoms with Gasteiger partial charge in [0, 0.05) is 18.3 Å². The Labute approximate surface area is 144 Å².